The molecule has 1 atom stereocenters. The molecule has 3 rings (SSSR count). The lowest BCUT2D eigenvalue weighted by atomic mass is 10.1. The number of rotatable bonds is 0. The summed E-state index contributed by atoms with van der Waals surface area (Å²) < 4.78 is 0. The van der Waals surface area contributed by atoms with Gasteiger partial charge in [0.15, 0.2) is 6.04 Å². The van der Waals surface area contributed by atoms with E-state index in [4.69, 9.17) is 0 Å². The molecule has 20 heavy (non-hydrogen) atoms. The van der Waals surface area contributed by atoms with Crippen LogP contribution in [0.5, 0.6) is 0 Å². The van der Waals surface area contributed by atoms with Crippen LogP contribution in [0.3, 0.4) is 0 Å². The van der Waals surface area contributed by atoms with E-state index in [1.807, 2.05) is 0 Å². The van der Waals surface area contributed by atoms with E-state index >= 15 is 0 Å². The Bertz CT molecular complexity index is 742. The molecular weight excluding hydrogens is 262 g/mol. The number of carbonyl (C=O) groups excluding carboxylic acids is 4. The van der Waals surface area contributed by atoms with Crippen LogP contribution < -0.4 is 16.0 Å². The molecule has 2 aliphatic rings. The average Bonchev–Trinajstić information content (AvgIpc) is 2.88. The zero-order valence-electron chi connectivity index (χ0n) is 9.94. The highest BCUT2D eigenvalue weighted by molar-refractivity contribution is 6.51. The molecule has 0 saturated carbocycles. The van der Waals surface area contributed by atoms with Crippen molar-refractivity contribution in [1.29, 1.82) is 0 Å². The minimum atomic E-state index is -0.911. The largest absolute Gasteiger partial charge is 0.322 e. The monoisotopic (exact) mass is 269 g/mol. The van der Waals surface area contributed by atoms with Crippen LogP contribution >= 0.6 is 0 Å². The number of hydrogen-bond acceptors (Lipinski definition) is 4. The molecule has 1 saturated heterocycles. The average molecular weight is 269 g/mol. The van der Waals surface area contributed by atoms with Gasteiger partial charge < -0.3 is 10.6 Å². The number of nitrogens with one attached hydrogen (secondary N) is 3. The Morgan fingerprint density at radius 3 is 2.55 bits per heavy atom. The molecule has 1 fully saturated rings. The van der Waals surface area contributed by atoms with Gasteiger partial charge in [0.2, 0.25) is 0 Å². The molecule has 0 aromatic heterocycles. The molecule has 2 aliphatic heterocycles. The first-order chi connectivity index (χ1) is 9.54. The predicted molar refractivity (Wildman–Crippen MR) is 66.7 cm³/mol. The molecular formula is C13H7N3O4. The van der Waals surface area contributed by atoms with E-state index in [-0.39, 0.29) is 5.56 Å². The molecule has 4 amide bonds. The van der Waals surface area contributed by atoms with Gasteiger partial charge in [-0.1, -0.05) is 11.8 Å². The molecule has 2 heterocycles. The number of anilines is 1. The van der Waals surface area contributed by atoms with E-state index in [1.165, 1.54) is 6.07 Å². The number of urea groups is 1. The van der Waals surface area contributed by atoms with E-state index in [0.29, 0.717) is 11.3 Å². The van der Waals surface area contributed by atoms with Crippen molar-refractivity contribution < 1.29 is 19.2 Å². The fourth-order valence-corrected chi connectivity index (χ4v) is 1.89. The van der Waals surface area contributed by atoms with Crippen molar-refractivity contribution in [2.75, 3.05) is 5.32 Å². The van der Waals surface area contributed by atoms with E-state index < -0.39 is 29.7 Å². The number of hydrogen-bond donors (Lipinski definition) is 3. The first kappa shape index (κ1) is 11.9. The SMILES string of the molecule is O=C1NC(=O)C(C#Cc2ccc3c(c2)C(=O)C(=O)N3)N1. The zero-order chi connectivity index (χ0) is 14.3. The van der Waals surface area contributed by atoms with Gasteiger partial charge >= 0.3 is 6.03 Å². The summed E-state index contributed by atoms with van der Waals surface area (Å²) in [5.74, 6) is 3.46. The molecule has 0 radical (unpaired) electrons. The molecule has 0 bridgehead atoms. The Hall–Kier alpha value is -3.14. The zero-order valence-corrected chi connectivity index (χ0v) is 9.94. The van der Waals surface area contributed by atoms with Crippen LogP contribution in [-0.4, -0.2) is 29.7 Å². The van der Waals surface area contributed by atoms with Gasteiger partial charge in [0.05, 0.1) is 11.3 Å². The maximum Gasteiger partial charge on any atom is 0.322 e. The molecule has 1 aromatic rings. The second kappa shape index (κ2) is 4.20. The molecule has 1 aromatic carbocycles. The van der Waals surface area contributed by atoms with Gasteiger partial charge in [0, 0.05) is 5.56 Å². The third kappa shape index (κ3) is 1.89. The molecule has 7 heteroatoms. The second-order valence-corrected chi connectivity index (χ2v) is 4.21. The van der Waals surface area contributed by atoms with Crippen LogP contribution in [0.4, 0.5) is 10.5 Å². The number of fused-ring (bicyclic) bond motifs is 1. The molecule has 0 aliphatic carbocycles. The first-order valence-electron chi connectivity index (χ1n) is 5.67. The predicted octanol–water partition coefficient (Wildman–Crippen LogP) is -0.619. The second-order valence-electron chi connectivity index (χ2n) is 4.21. The Morgan fingerprint density at radius 2 is 1.85 bits per heavy atom. The minimum Gasteiger partial charge on any atom is -0.318 e. The molecule has 0 spiro atoms. The van der Waals surface area contributed by atoms with Crippen molar-refractivity contribution >= 4 is 29.3 Å². The van der Waals surface area contributed by atoms with Crippen LogP contribution in [0, 0.1) is 11.8 Å². The van der Waals surface area contributed by atoms with Crippen LogP contribution in [0.1, 0.15) is 15.9 Å². The summed E-state index contributed by atoms with van der Waals surface area (Å²) in [6, 6.07) is 3.14. The van der Waals surface area contributed by atoms with E-state index in [1.54, 1.807) is 12.1 Å². The van der Waals surface area contributed by atoms with Gasteiger partial charge in [-0.15, -0.1) is 0 Å². The summed E-state index contributed by atoms with van der Waals surface area (Å²) in [6.07, 6.45) is 0. The van der Waals surface area contributed by atoms with Crippen molar-refractivity contribution in [1.82, 2.24) is 10.6 Å². The van der Waals surface area contributed by atoms with Gasteiger partial charge in [-0.25, -0.2) is 4.79 Å². The maximum absolute atomic E-state index is 11.5. The topological polar surface area (TPSA) is 104 Å². The number of imide groups is 1. The van der Waals surface area contributed by atoms with Crippen molar-refractivity contribution in [2.24, 2.45) is 0 Å². The summed E-state index contributed by atoms with van der Waals surface area (Å²) >= 11 is 0. The fourth-order valence-electron chi connectivity index (χ4n) is 1.89. The number of amides is 4. The number of ketones is 1. The molecule has 98 valence electrons. The van der Waals surface area contributed by atoms with Crippen molar-refractivity contribution in [2.45, 2.75) is 6.04 Å². The van der Waals surface area contributed by atoms with Gasteiger partial charge in [-0.05, 0) is 18.2 Å². The summed E-state index contributed by atoms with van der Waals surface area (Å²) in [6.45, 7) is 0. The van der Waals surface area contributed by atoms with Gasteiger partial charge in [-0.2, -0.15) is 0 Å². The van der Waals surface area contributed by atoms with E-state index in [9.17, 15) is 19.2 Å². The van der Waals surface area contributed by atoms with E-state index in [2.05, 4.69) is 27.8 Å². The summed E-state index contributed by atoms with van der Waals surface area (Å²) in [7, 11) is 0. The molecule has 1 unspecified atom stereocenters. The summed E-state index contributed by atoms with van der Waals surface area (Å²) in [5, 5.41) is 6.82. The normalized spacial score (nSPS) is 19.7. The lowest BCUT2D eigenvalue weighted by molar-refractivity contribution is -0.119. The lowest BCUT2D eigenvalue weighted by Crippen LogP contribution is -2.26. The minimum absolute atomic E-state index is 0.252. The lowest BCUT2D eigenvalue weighted by Gasteiger charge is -1.98. The quantitative estimate of drug-likeness (QED) is 0.331. The third-order valence-electron chi connectivity index (χ3n) is 2.85. The summed E-state index contributed by atoms with van der Waals surface area (Å²) in [4.78, 5) is 44.9. The summed E-state index contributed by atoms with van der Waals surface area (Å²) in [5.41, 5.74) is 1.17. The first-order valence-corrected chi connectivity index (χ1v) is 5.67. The number of Topliss-reactive ketones (excluding diaryl/α,β-unsaturated/α-hetero) is 1. The molecule has 7 nitrogen and oxygen atoms in total. The van der Waals surface area contributed by atoms with Crippen molar-refractivity contribution in [3.63, 3.8) is 0 Å². The highest BCUT2D eigenvalue weighted by Crippen LogP contribution is 2.23. The fraction of sp³-hybridized carbons (Fsp3) is 0.0769. The standard InChI is InChI=1S/C13H7N3O4/c17-10-7-5-6(1-3-8(7)14-12(10)19)2-4-9-11(18)16-13(20)15-9/h1,3,5,9H,(H,14,17,19)(H2,15,16,18,20). The maximum atomic E-state index is 11.5. The number of benzene rings is 1. The third-order valence-corrected chi connectivity index (χ3v) is 2.85. The van der Waals surface area contributed by atoms with E-state index in [0.717, 1.165) is 0 Å². The smallest absolute Gasteiger partial charge is 0.318 e. The number of carbonyl (C=O) groups is 4. The van der Waals surface area contributed by atoms with Crippen molar-refractivity contribution in [3.8, 4) is 11.8 Å². The van der Waals surface area contributed by atoms with Crippen LogP contribution in [0.15, 0.2) is 18.2 Å². The Kier molecular flexibility index (Phi) is 2.51. The van der Waals surface area contributed by atoms with Crippen molar-refractivity contribution in [3.05, 3.63) is 29.3 Å². The Morgan fingerprint density at radius 1 is 1.05 bits per heavy atom. The van der Waals surface area contributed by atoms with Gasteiger partial charge in [0.25, 0.3) is 17.6 Å². The van der Waals surface area contributed by atoms with Crippen LogP contribution in [0.2, 0.25) is 0 Å². The van der Waals surface area contributed by atoms with Crippen LogP contribution in [0.25, 0.3) is 0 Å². The Balaban J connectivity index is 1.87. The van der Waals surface area contributed by atoms with Gasteiger partial charge in [-0.3, -0.25) is 19.7 Å². The Labute approximate surface area is 112 Å². The van der Waals surface area contributed by atoms with Gasteiger partial charge in [0.1, 0.15) is 0 Å². The van der Waals surface area contributed by atoms with Crippen LogP contribution in [-0.2, 0) is 9.59 Å². The highest BCUT2D eigenvalue weighted by Gasteiger charge is 2.28. The molecule has 3 N–H and O–H groups in total. The highest BCUT2D eigenvalue weighted by atomic mass is 16.2.